The highest BCUT2D eigenvalue weighted by atomic mass is 35.5. The molecule has 0 spiro atoms. The van der Waals surface area contributed by atoms with E-state index in [-0.39, 0.29) is 0 Å². The van der Waals surface area contributed by atoms with Crippen LogP contribution in [0.1, 0.15) is 11.1 Å². The summed E-state index contributed by atoms with van der Waals surface area (Å²) >= 11 is 12.3. The lowest BCUT2D eigenvalue weighted by molar-refractivity contribution is 0.305. The minimum Gasteiger partial charge on any atom is -0.488 e. The molecule has 0 saturated heterocycles. The smallest absolute Gasteiger partial charge is 0.137 e. The first-order valence-corrected chi connectivity index (χ1v) is 8.10. The van der Waals surface area contributed by atoms with E-state index in [0.717, 1.165) is 16.7 Å². The number of nitrogens with zero attached hydrogens (tertiary/aromatic N) is 1. The highest BCUT2D eigenvalue weighted by Gasteiger charge is 2.10. The van der Waals surface area contributed by atoms with Gasteiger partial charge in [-0.3, -0.25) is 0 Å². The maximum atomic E-state index is 9.42. The second-order valence-electron chi connectivity index (χ2n) is 5.20. The largest absolute Gasteiger partial charge is 0.488 e. The zero-order valence-corrected chi connectivity index (χ0v) is 14.2. The zero-order valence-electron chi connectivity index (χ0n) is 12.7. The summed E-state index contributed by atoms with van der Waals surface area (Å²) in [6, 6.07) is 22.8. The summed E-state index contributed by atoms with van der Waals surface area (Å²) in [4.78, 5) is 0. The SMILES string of the molecule is N#Cc1cc(-c2cccc(Cl)c2Cl)ccc1OCc1ccccc1. The third-order valence-electron chi connectivity index (χ3n) is 3.60. The number of halogens is 2. The van der Waals surface area contributed by atoms with Crippen molar-refractivity contribution < 1.29 is 4.74 Å². The van der Waals surface area contributed by atoms with Gasteiger partial charge in [0.25, 0.3) is 0 Å². The number of hydrogen-bond donors (Lipinski definition) is 0. The van der Waals surface area contributed by atoms with E-state index >= 15 is 0 Å². The number of nitriles is 1. The van der Waals surface area contributed by atoms with Crippen molar-refractivity contribution in [3.05, 3.63) is 87.9 Å². The van der Waals surface area contributed by atoms with Crippen molar-refractivity contribution in [1.82, 2.24) is 0 Å². The van der Waals surface area contributed by atoms with Crippen LogP contribution in [0.4, 0.5) is 0 Å². The Morgan fingerprint density at radius 3 is 2.46 bits per heavy atom. The Labute approximate surface area is 150 Å². The number of benzene rings is 3. The van der Waals surface area contributed by atoms with E-state index in [0.29, 0.717) is 28.0 Å². The van der Waals surface area contributed by atoms with Crippen LogP contribution in [0.25, 0.3) is 11.1 Å². The Bertz CT molecular complexity index is 901. The van der Waals surface area contributed by atoms with Crippen LogP contribution in [0.2, 0.25) is 10.0 Å². The van der Waals surface area contributed by atoms with Crippen LogP contribution >= 0.6 is 23.2 Å². The highest BCUT2D eigenvalue weighted by molar-refractivity contribution is 6.43. The Kier molecular flexibility index (Phi) is 5.05. The van der Waals surface area contributed by atoms with Crippen molar-refractivity contribution >= 4 is 23.2 Å². The molecule has 3 rings (SSSR count). The van der Waals surface area contributed by atoms with E-state index in [1.165, 1.54) is 0 Å². The summed E-state index contributed by atoms with van der Waals surface area (Å²) in [5, 5.41) is 10.4. The molecule has 0 heterocycles. The monoisotopic (exact) mass is 353 g/mol. The highest BCUT2D eigenvalue weighted by Crippen LogP contribution is 2.35. The van der Waals surface area contributed by atoms with Crippen LogP contribution in [0, 0.1) is 11.3 Å². The van der Waals surface area contributed by atoms with Crippen molar-refractivity contribution in [3.63, 3.8) is 0 Å². The molecule has 0 aliphatic heterocycles. The Balaban J connectivity index is 1.88. The standard InChI is InChI=1S/C20H13Cl2NO/c21-18-8-4-7-17(20(18)22)15-9-10-19(16(11-15)12-23)24-13-14-5-2-1-3-6-14/h1-11H,13H2. The topological polar surface area (TPSA) is 33.0 Å². The number of rotatable bonds is 4. The molecule has 118 valence electrons. The first-order valence-electron chi connectivity index (χ1n) is 7.34. The van der Waals surface area contributed by atoms with Gasteiger partial charge in [-0.15, -0.1) is 0 Å². The maximum absolute atomic E-state index is 9.42. The molecule has 3 aromatic rings. The normalized spacial score (nSPS) is 10.2. The van der Waals surface area contributed by atoms with Gasteiger partial charge in [0, 0.05) is 5.56 Å². The van der Waals surface area contributed by atoms with E-state index in [9.17, 15) is 5.26 Å². The van der Waals surface area contributed by atoms with Crippen LogP contribution in [-0.4, -0.2) is 0 Å². The molecule has 0 amide bonds. The van der Waals surface area contributed by atoms with Crippen LogP contribution < -0.4 is 4.74 Å². The van der Waals surface area contributed by atoms with Crippen LogP contribution in [-0.2, 0) is 6.61 Å². The summed E-state index contributed by atoms with van der Waals surface area (Å²) in [7, 11) is 0. The second-order valence-corrected chi connectivity index (χ2v) is 5.98. The molecule has 0 saturated carbocycles. The molecule has 0 atom stereocenters. The summed E-state index contributed by atoms with van der Waals surface area (Å²) in [5.41, 5.74) is 3.12. The Hall–Kier alpha value is -2.47. The molecule has 3 aromatic carbocycles. The average molecular weight is 354 g/mol. The third kappa shape index (κ3) is 3.54. The maximum Gasteiger partial charge on any atom is 0.137 e. The van der Waals surface area contributed by atoms with Crippen molar-refractivity contribution in [2.45, 2.75) is 6.61 Å². The van der Waals surface area contributed by atoms with Gasteiger partial charge >= 0.3 is 0 Å². The predicted molar refractivity (Wildman–Crippen MR) is 97.4 cm³/mol. The fraction of sp³-hybridized carbons (Fsp3) is 0.0500. The van der Waals surface area contributed by atoms with E-state index in [2.05, 4.69) is 6.07 Å². The predicted octanol–water partition coefficient (Wildman–Crippen LogP) is 6.11. The van der Waals surface area contributed by atoms with Crippen LogP contribution in [0.3, 0.4) is 0 Å². The van der Waals surface area contributed by atoms with Crippen molar-refractivity contribution in [3.8, 4) is 22.9 Å². The van der Waals surface area contributed by atoms with Crippen LogP contribution in [0.5, 0.6) is 5.75 Å². The number of ether oxygens (including phenoxy) is 1. The molecule has 2 nitrogen and oxygen atoms in total. The summed E-state index contributed by atoms with van der Waals surface area (Å²) in [6.45, 7) is 0.410. The van der Waals surface area contributed by atoms with E-state index in [4.69, 9.17) is 27.9 Å². The van der Waals surface area contributed by atoms with Gasteiger partial charge in [-0.05, 0) is 29.3 Å². The van der Waals surface area contributed by atoms with Crippen molar-refractivity contribution in [1.29, 1.82) is 5.26 Å². The van der Waals surface area contributed by atoms with E-state index < -0.39 is 0 Å². The summed E-state index contributed by atoms with van der Waals surface area (Å²) in [5.74, 6) is 0.545. The van der Waals surface area contributed by atoms with Gasteiger partial charge in [0.05, 0.1) is 15.6 Å². The lowest BCUT2D eigenvalue weighted by Gasteiger charge is -2.11. The number of hydrogen-bond acceptors (Lipinski definition) is 2. The van der Waals surface area contributed by atoms with Gasteiger partial charge in [-0.25, -0.2) is 0 Å². The lowest BCUT2D eigenvalue weighted by atomic mass is 10.0. The van der Waals surface area contributed by atoms with Gasteiger partial charge in [-0.1, -0.05) is 71.7 Å². The molecule has 0 fully saturated rings. The molecule has 24 heavy (non-hydrogen) atoms. The fourth-order valence-corrected chi connectivity index (χ4v) is 2.78. The molecular weight excluding hydrogens is 341 g/mol. The molecule has 0 aromatic heterocycles. The first-order chi connectivity index (χ1) is 11.7. The Morgan fingerprint density at radius 2 is 1.71 bits per heavy atom. The molecule has 0 aliphatic rings. The zero-order chi connectivity index (χ0) is 16.9. The molecule has 0 unspecified atom stereocenters. The van der Waals surface area contributed by atoms with Crippen molar-refractivity contribution in [2.24, 2.45) is 0 Å². The molecule has 4 heteroatoms. The third-order valence-corrected chi connectivity index (χ3v) is 4.42. The molecular formula is C20H13Cl2NO. The quantitative estimate of drug-likeness (QED) is 0.566. The Morgan fingerprint density at radius 1 is 0.917 bits per heavy atom. The van der Waals surface area contributed by atoms with Gasteiger partial charge in [0.1, 0.15) is 18.4 Å². The van der Waals surface area contributed by atoms with Crippen molar-refractivity contribution in [2.75, 3.05) is 0 Å². The molecule has 0 radical (unpaired) electrons. The lowest BCUT2D eigenvalue weighted by Crippen LogP contribution is -1.97. The molecule has 0 aliphatic carbocycles. The van der Waals surface area contributed by atoms with Gasteiger partial charge in [-0.2, -0.15) is 5.26 Å². The van der Waals surface area contributed by atoms with E-state index in [1.54, 1.807) is 18.2 Å². The van der Waals surface area contributed by atoms with Gasteiger partial charge in [0.2, 0.25) is 0 Å². The summed E-state index contributed by atoms with van der Waals surface area (Å²) < 4.78 is 5.78. The average Bonchev–Trinajstić information content (AvgIpc) is 2.63. The molecule has 0 N–H and O–H groups in total. The molecule has 0 bridgehead atoms. The van der Waals surface area contributed by atoms with Gasteiger partial charge < -0.3 is 4.74 Å². The van der Waals surface area contributed by atoms with Gasteiger partial charge in [0.15, 0.2) is 0 Å². The second kappa shape index (κ2) is 7.40. The van der Waals surface area contributed by atoms with E-state index in [1.807, 2.05) is 48.5 Å². The minimum atomic E-state index is 0.410. The minimum absolute atomic E-state index is 0.410. The first kappa shape index (κ1) is 16.4. The fourth-order valence-electron chi connectivity index (χ4n) is 2.37. The van der Waals surface area contributed by atoms with Crippen LogP contribution in [0.15, 0.2) is 66.7 Å². The summed E-state index contributed by atoms with van der Waals surface area (Å²) in [6.07, 6.45) is 0.